The van der Waals surface area contributed by atoms with Gasteiger partial charge in [-0.15, -0.1) is 0 Å². The van der Waals surface area contributed by atoms with Crippen molar-refractivity contribution >= 4 is 34.4 Å². The van der Waals surface area contributed by atoms with E-state index in [1.54, 1.807) is 14.2 Å². The zero-order valence-electron chi connectivity index (χ0n) is 20.5. The first-order chi connectivity index (χ1) is 17.4. The van der Waals surface area contributed by atoms with Crippen molar-refractivity contribution in [3.63, 3.8) is 0 Å². The number of nitrogen functional groups attached to an aromatic ring is 1. The van der Waals surface area contributed by atoms with E-state index < -0.39 is 5.41 Å². The van der Waals surface area contributed by atoms with Gasteiger partial charge in [-0.05, 0) is 55.8 Å². The molecule has 5 rings (SSSR count). The molecule has 4 aromatic rings. The molecular formula is C27H28N6O3. The van der Waals surface area contributed by atoms with E-state index in [2.05, 4.69) is 20.2 Å². The van der Waals surface area contributed by atoms with Crippen molar-refractivity contribution in [2.75, 3.05) is 43.3 Å². The third-order valence-electron chi connectivity index (χ3n) is 6.57. The number of carbonyl (C=O) groups excluding carboxylic acids is 1. The molecule has 36 heavy (non-hydrogen) atoms. The molecule has 9 heteroatoms. The predicted octanol–water partition coefficient (Wildman–Crippen LogP) is 4.15. The Labute approximate surface area is 209 Å². The summed E-state index contributed by atoms with van der Waals surface area (Å²) in [5.74, 6) is 2.02. The van der Waals surface area contributed by atoms with Crippen molar-refractivity contribution in [3.8, 4) is 22.8 Å². The maximum atomic E-state index is 13.2. The summed E-state index contributed by atoms with van der Waals surface area (Å²) in [6.45, 7) is 3.10. The number of nitrogens with two attached hydrogens (primary N) is 1. The first-order valence-corrected chi connectivity index (χ1v) is 11.7. The third kappa shape index (κ3) is 4.35. The Bertz CT molecular complexity index is 1430. The minimum absolute atomic E-state index is 0.0264. The second-order valence-corrected chi connectivity index (χ2v) is 9.09. The van der Waals surface area contributed by atoms with Crippen LogP contribution in [0.5, 0.6) is 11.5 Å². The van der Waals surface area contributed by atoms with Crippen LogP contribution in [0.25, 0.3) is 22.3 Å². The Morgan fingerprint density at radius 1 is 1.00 bits per heavy atom. The minimum Gasteiger partial charge on any atom is -0.493 e. The Kier molecular flexibility index (Phi) is 6.05. The molecule has 3 heterocycles. The summed E-state index contributed by atoms with van der Waals surface area (Å²) >= 11 is 0. The number of fused-ring (bicyclic) bond motifs is 1. The van der Waals surface area contributed by atoms with Crippen LogP contribution in [-0.2, 0) is 4.79 Å². The topological polar surface area (TPSA) is 115 Å². The number of anilines is 3. The van der Waals surface area contributed by atoms with Crippen LogP contribution in [-0.4, -0.2) is 48.2 Å². The van der Waals surface area contributed by atoms with E-state index in [1.807, 2.05) is 67.6 Å². The lowest BCUT2D eigenvalue weighted by atomic mass is 9.88. The second kappa shape index (κ2) is 9.33. The van der Waals surface area contributed by atoms with E-state index in [4.69, 9.17) is 20.2 Å². The predicted molar refractivity (Wildman–Crippen MR) is 140 cm³/mol. The average molecular weight is 485 g/mol. The van der Waals surface area contributed by atoms with Gasteiger partial charge in [0.05, 0.1) is 30.8 Å². The van der Waals surface area contributed by atoms with Gasteiger partial charge in [-0.25, -0.2) is 9.97 Å². The second-order valence-electron chi connectivity index (χ2n) is 9.09. The molecule has 1 aliphatic heterocycles. The SMILES string of the molecule is COc1ccc(-c2ccc3nc(N)nc(N4CC[C@](C)(C(=O)Nc5ccccc5)C4)c3n2)cc1OC. The Hall–Kier alpha value is -4.40. The third-order valence-corrected chi connectivity index (χ3v) is 6.57. The van der Waals surface area contributed by atoms with Gasteiger partial charge in [0.2, 0.25) is 11.9 Å². The van der Waals surface area contributed by atoms with Gasteiger partial charge in [-0.2, -0.15) is 4.98 Å². The Morgan fingerprint density at radius 3 is 2.53 bits per heavy atom. The van der Waals surface area contributed by atoms with Crippen molar-refractivity contribution in [2.45, 2.75) is 13.3 Å². The molecule has 184 valence electrons. The number of amides is 1. The van der Waals surface area contributed by atoms with Crippen LogP contribution in [0.15, 0.2) is 60.7 Å². The maximum Gasteiger partial charge on any atom is 0.232 e. The number of pyridine rings is 1. The molecule has 0 saturated carbocycles. The van der Waals surface area contributed by atoms with E-state index in [0.717, 1.165) is 16.9 Å². The molecule has 1 saturated heterocycles. The summed E-state index contributed by atoms with van der Waals surface area (Å²) in [6, 6.07) is 18.9. The van der Waals surface area contributed by atoms with Crippen molar-refractivity contribution in [3.05, 3.63) is 60.7 Å². The molecule has 1 amide bonds. The molecule has 0 unspecified atom stereocenters. The Morgan fingerprint density at radius 2 is 1.78 bits per heavy atom. The summed E-state index contributed by atoms with van der Waals surface area (Å²) in [7, 11) is 3.20. The number of benzene rings is 2. The first-order valence-electron chi connectivity index (χ1n) is 11.7. The van der Waals surface area contributed by atoms with E-state index in [0.29, 0.717) is 47.9 Å². The molecule has 0 bridgehead atoms. The van der Waals surface area contributed by atoms with Crippen LogP contribution in [0.1, 0.15) is 13.3 Å². The molecule has 9 nitrogen and oxygen atoms in total. The molecule has 1 atom stereocenters. The first kappa shape index (κ1) is 23.3. The van der Waals surface area contributed by atoms with Gasteiger partial charge < -0.3 is 25.4 Å². The van der Waals surface area contributed by atoms with Gasteiger partial charge in [0.25, 0.3) is 0 Å². The van der Waals surface area contributed by atoms with E-state index in [9.17, 15) is 4.79 Å². The lowest BCUT2D eigenvalue weighted by Gasteiger charge is -2.24. The molecule has 1 fully saturated rings. The minimum atomic E-state index is -0.594. The number of hydrogen-bond donors (Lipinski definition) is 2. The summed E-state index contributed by atoms with van der Waals surface area (Å²) in [6.07, 6.45) is 0.673. The van der Waals surface area contributed by atoms with Crippen LogP contribution in [0, 0.1) is 5.41 Å². The van der Waals surface area contributed by atoms with Gasteiger partial charge in [-0.3, -0.25) is 4.79 Å². The lowest BCUT2D eigenvalue weighted by Crippen LogP contribution is -2.36. The van der Waals surface area contributed by atoms with Crippen molar-refractivity contribution in [2.24, 2.45) is 5.41 Å². The molecule has 0 aliphatic carbocycles. The number of nitrogens with zero attached hydrogens (tertiary/aromatic N) is 4. The normalized spacial score (nSPS) is 17.2. The van der Waals surface area contributed by atoms with Crippen molar-refractivity contribution < 1.29 is 14.3 Å². The van der Waals surface area contributed by atoms with Gasteiger partial charge in [0.15, 0.2) is 17.3 Å². The standard InChI is InChI=1S/C27H28N6O3/c1-27(25(34)29-18-7-5-4-6-8-18)13-14-33(16-27)24-23-20(31-26(28)32-24)11-10-19(30-23)17-9-12-21(35-2)22(15-17)36-3/h4-12,15H,13-14,16H2,1-3H3,(H,29,34)(H2,28,31,32)/t27-/m0/s1. The highest BCUT2D eigenvalue weighted by molar-refractivity contribution is 5.96. The fourth-order valence-electron chi connectivity index (χ4n) is 4.52. The van der Waals surface area contributed by atoms with Gasteiger partial charge >= 0.3 is 0 Å². The lowest BCUT2D eigenvalue weighted by molar-refractivity contribution is -0.123. The summed E-state index contributed by atoms with van der Waals surface area (Å²) in [5.41, 5.74) is 9.11. The van der Waals surface area contributed by atoms with Gasteiger partial charge in [-0.1, -0.05) is 18.2 Å². The zero-order chi connectivity index (χ0) is 25.3. The average Bonchev–Trinajstić information content (AvgIpc) is 3.31. The quantitative estimate of drug-likeness (QED) is 0.419. The van der Waals surface area contributed by atoms with Crippen molar-refractivity contribution in [1.29, 1.82) is 0 Å². The highest BCUT2D eigenvalue weighted by Gasteiger charge is 2.41. The largest absolute Gasteiger partial charge is 0.493 e. The van der Waals surface area contributed by atoms with Crippen LogP contribution in [0.4, 0.5) is 17.5 Å². The summed E-state index contributed by atoms with van der Waals surface area (Å²) < 4.78 is 10.8. The summed E-state index contributed by atoms with van der Waals surface area (Å²) in [5, 5.41) is 3.03. The van der Waals surface area contributed by atoms with Crippen molar-refractivity contribution in [1.82, 2.24) is 15.0 Å². The molecular weight excluding hydrogens is 456 g/mol. The van der Waals surface area contributed by atoms with Crippen LogP contribution in [0.2, 0.25) is 0 Å². The van der Waals surface area contributed by atoms with E-state index in [1.165, 1.54) is 0 Å². The highest BCUT2D eigenvalue weighted by atomic mass is 16.5. The highest BCUT2D eigenvalue weighted by Crippen LogP contribution is 2.37. The molecule has 1 aliphatic rings. The number of aromatic nitrogens is 3. The number of hydrogen-bond acceptors (Lipinski definition) is 8. The fourth-order valence-corrected chi connectivity index (χ4v) is 4.52. The number of para-hydroxylation sites is 1. The smallest absolute Gasteiger partial charge is 0.232 e. The number of nitrogens with one attached hydrogen (secondary N) is 1. The Balaban J connectivity index is 1.48. The number of carbonyl (C=O) groups is 1. The summed E-state index contributed by atoms with van der Waals surface area (Å²) in [4.78, 5) is 29.1. The number of methoxy groups -OCH3 is 2. The molecule has 0 spiro atoms. The molecule has 0 radical (unpaired) electrons. The monoisotopic (exact) mass is 484 g/mol. The van der Waals surface area contributed by atoms with Gasteiger partial charge in [0, 0.05) is 24.3 Å². The van der Waals surface area contributed by atoms with Crippen LogP contribution >= 0.6 is 0 Å². The van der Waals surface area contributed by atoms with Gasteiger partial charge in [0.1, 0.15) is 5.52 Å². The number of rotatable bonds is 6. The molecule has 3 N–H and O–H groups in total. The van der Waals surface area contributed by atoms with Crippen LogP contribution < -0.4 is 25.4 Å². The van der Waals surface area contributed by atoms with E-state index in [-0.39, 0.29) is 11.9 Å². The molecule has 2 aromatic carbocycles. The van der Waals surface area contributed by atoms with Crippen LogP contribution in [0.3, 0.4) is 0 Å². The van der Waals surface area contributed by atoms with E-state index >= 15 is 0 Å². The fraction of sp³-hybridized carbons (Fsp3) is 0.259. The number of ether oxygens (including phenoxy) is 2. The maximum absolute atomic E-state index is 13.2. The zero-order valence-corrected chi connectivity index (χ0v) is 20.5. The molecule has 2 aromatic heterocycles.